The van der Waals surface area contributed by atoms with Gasteiger partial charge < -0.3 is 14.2 Å². The highest BCUT2D eigenvalue weighted by atomic mass is 16.6. The Balaban J connectivity index is 4.45. The van der Waals surface area contributed by atoms with Crippen molar-refractivity contribution in [3.63, 3.8) is 0 Å². The number of carbonyl (C=O) groups excluding carboxylic acids is 3. The van der Waals surface area contributed by atoms with E-state index in [-0.39, 0.29) is 37.5 Å². The van der Waals surface area contributed by atoms with Crippen LogP contribution in [-0.4, -0.2) is 37.2 Å². The Morgan fingerprint density at radius 1 is 0.274 bits per heavy atom. The van der Waals surface area contributed by atoms with Crippen molar-refractivity contribution in [3.05, 3.63) is 85.1 Å². The monoisotopic (exact) mass is 1020 g/mol. The molecule has 0 aliphatic carbocycles. The van der Waals surface area contributed by atoms with E-state index in [1.54, 1.807) is 0 Å². The van der Waals surface area contributed by atoms with Crippen LogP contribution in [0.1, 0.15) is 303 Å². The summed E-state index contributed by atoms with van der Waals surface area (Å²) in [6, 6.07) is 0. The molecule has 0 aromatic rings. The van der Waals surface area contributed by atoms with Crippen LogP contribution in [0, 0.1) is 0 Å². The van der Waals surface area contributed by atoms with Crippen LogP contribution in [0.4, 0.5) is 0 Å². The van der Waals surface area contributed by atoms with Crippen LogP contribution >= 0.6 is 0 Å². The van der Waals surface area contributed by atoms with Crippen LogP contribution in [0.5, 0.6) is 0 Å². The minimum absolute atomic E-state index is 0.0957. The van der Waals surface area contributed by atoms with Gasteiger partial charge in [-0.15, -0.1) is 0 Å². The molecule has 0 saturated heterocycles. The first-order valence-electron chi connectivity index (χ1n) is 31.1. The lowest BCUT2D eigenvalue weighted by Gasteiger charge is -2.18. The fourth-order valence-corrected chi connectivity index (χ4v) is 8.64. The third kappa shape index (κ3) is 59.3. The SMILES string of the molecule is CCCCC/C=C\C/C=C\C/C=C\C/C=C\CCCC(=O)OC[C@H](COC(=O)CCCCCCCCCCC/C=C\C/C=C\CCCCC)OC(=O)CCCCCCCCCCC/C=C\CCCCCCCC. The number of esters is 3. The van der Waals surface area contributed by atoms with Crippen LogP contribution in [0.25, 0.3) is 0 Å². The molecule has 0 heterocycles. The second-order valence-electron chi connectivity index (χ2n) is 20.6. The molecule has 0 amide bonds. The van der Waals surface area contributed by atoms with E-state index in [4.69, 9.17) is 14.2 Å². The van der Waals surface area contributed by atoms with E-state index in [9.17, 15) is 14.4 Å². The molecule has 0 rings (SSSR count). The average Bonchev–Trinajstić information content (AvgIpc) is 3.39. The van der Waals surface area contributed by atoms with E-state index in [0.29, 0.717) is 19.3 Å². The predicted octanol–water partition coefficient (Wildman–Crippen LogP) is 21.1. The van der Waals surface area contributed by atoms with Crippen molar-refractivity contribution >= 4 is 17.9 Å². The molecular weight excluding hydrogens is 901 g/mol. The van der Waals surface area contributed by atoms with Crippen molar-refractivity contribution in [1.29, 1.82) is 0 Å². The molecule has 0 bridgehead atoms. The van der Waals surface area contributed by atoms with Gasteiger partial charge in [-0.05, 0) is 116 Å². The Morgan fingerprint density at radius 3 is 0.863 bits per heavy atom. The number of unbranched alkanes of at least 4 members (excludes halogenated alkanes) is 31. The van der Waals surface area contributed by atoms with Crippen molar-refractivity contribution in [1.82, 2.24) is 0 Å². The van der Waals surface area contributed by atoms with E-state index in [0.717, 1.165) is 70.6 Å². The van der Waals surface area contributed by atoms with Crippen molar-refractivity contribution < 1.29 is 28.6 Å². The summed E-state index contributed by atoms with van der Waals surface area (Å²) in [5.74, 6) is -0.950. The maximum absolute atomic E-state index is 12.9. The van der Waals surface area contributed by atoms with E-state index in [2.05, 4.69) is 106 Å². The van der Waals surface area contributed by atoms with Gasteiger partial charge >= 0.3 is 17.9 Å². The highest BCUT2D eigenvalue weighted by Gasteiger charge is 2.19. The Kier molecular flexibility index (Phi) is 58.3. The average molecular weight is 1020 g/mol. The van der Waals surface area contributed by atoms with Gasteiger partial charge in [0.15, 0.2) is 6.10 Å². The van der Waals surface area contributed by atoms with Crippen molar-refractivity contribution in [2.75, 3.05) is 13.2 Å². The summed E-state index contributed by atoms with van der Waals surface area (Å²) >= 11 is 0. The lowest BCUT2D eigenvalue weighted by Crippen LogP contribution is -2.30. The number of hydrogen-bond donors (Lipinski definition) is 0. The molecule has 0 unspecified atom stereocenters. The van der Waals surface area contributed by atoms with E-state index in [1.807, 2.05) is 0 Å². The molecule has 0 N–H and O–H groups in total. The summed E-state index contributed by atoms with van der Waals surface area (Å²) in [4.78, 5) is 38.3. The van der Waals surface area contributed by atoms with Gasteiger partial charge in [-0.3, -0.25) is 14.4 Å². The number of hydrogen-bond acceptors (Lipinski definition) is 6. The largest absolute Gasteiger partial charge is 0.462 e. The van der Waals surface area contributed by atoms with Gasteiger partial charge in [-0.25, -0.2) is 0 Å². The zero-order valence-corrected chi connectivity index (χ0v) is 48.1. The number of ether oxygens (including phenoxy) is 3. The Morgan fingerprint density at radius 2 is 0.507 bits per heavy atom. The van der Waals surface area contributed by atoms with Crippen LogP contribution in [0.2, 0.25) is 0 Å². The van der Waals surface area contributed by atoms with Gasteiger partial charge in [0, 0.05) is 19.3 Å². The molecule has 1 atom stereocenters. The van der Waals surface area contributed by atoms with E-state index in [1.165, 1.54) is 186 Å². The molecule has 0 aromatic heterocycles. The first-order valence-corrected chi connectivity index (χ1v) is 31.1. The molecule has 0 aliphatic rings. The molecule has 6 nitrogen and oxygen atoms in total. The minimum atomic E-state index is -0.803. The zero-order valence-electron chi connectivity index (χ0n) is 48.1. The molecule has 420 valence electrons. The normalized spacial score (nSPS) is 12.6. The summed E-state index contributed by atoms with van der Waals surface area (Å²) in [6.07, 6.45) is 80.1. The summed E-state index contributed by atoms with van der Waals surface area (Å²) in [5.41, 5.74) is 0. The first-order chi connectivity index (χ1) is 36.0. The Labute approximate surface area is 452 Å². The number of rotatable bonds is 56. The van der Waals surface area contributed by atoms with Crippen LogP contribution < -0.4 is 0 Å². The minimum Gasteiger partial charge on any atom is -0.462 e. The molecule has 0 radical (unpaired) electrons. The predicted molar refractivity (Wildman–Crippen MR) is 316 cm³/mol. The van der Waals surface area contributed by atoms with E-state index >= 15 is 0 Å². The van der Waals surface area contributed by atoms with Crippen LogP contribution in [0.3, 0.4) is 0 Å². The molecule has 0 spiro atoms. The topological polar surface area (TPSA) is 78.9 Å². The van der Waals surface area contributed by atoms with Gasteiger partial charge in [-0.2, -0.15) is 0 Å². The van der Waals surface area contributed by atoms with Crippen LogP contribution in [0.15, 0.2) is 85.1 Å². The molecule has 0 fully saturated rings. The van der Waals surface area contributed by atoms with E-state index < -0.39 is 6.10 Å². The van der Waals surface area contributed by atoms with Crippen LogP contribution in [-0.2, 0) is 28.6 Å². The third-order valence-electron chi connectivity index (χ3n) is 13.3. The molecule has 73 heavy (non-hydrogen) atoms. The molecule has 0 aromatic carbocycles. The summed E-state index contributed by atoms with van der Waals surface area (Å²) < 4.78 is 16.9. The van der Waals surface area contributed by atoms with Gasteiger partial charge in [0.25, 0.3) is 0 Å². The fraction of sp³-hybridized carbons (Fsp3) is 0.746. The lowest BCUT2D eigenvalue weighted by molar-refractivity contribution is -0.167. The summed E-state index contributed by atoms with van der Waals surface area (Å²) in [5, 5.41) is 0. The second-order valence-corrected chi connectivity index (χ2v) is 20.6. The van der Waals surface area contributed by atoms with Gasteiger partial charge in [-0.1, -0.05) is 254 Å². The number of carbonyl (C=O) groups is 3. The van der Waals surface area contributed by atoms with Crippen molar-refractivity contribution in [2.24, 2.45) is 0 Å². The standard InChI is InChI=1S/C67H116O6/c1-4-7-10-13-16-19-22-25-28-31-33-36-39-42-45-48-51-54-57-60-66(69)72-63-64(62-71-65(68)59-56-53-50-47-44-41-38-35-30-27-24-21-18-15-12-9-6-3)73-67(70)61-58-55-52-49-46-43-40-37-34-32-29-26-23-20-17-14-11-8-5-2/h16,18-19,21,25-30,38,41,47,50,64H,4-15,17,20,22-24,31-37,39-40,42-46,48-49,51-63H2,1-3H3/b19-16-,21-18-,28-25-,29-26-,30-27-,41-38-,50-47-/t64-/m1/s1. The lowest BCUT2D eigenvalue weighted by atomic mass is 10.1. The third-order valence-corrected chi connectivity index (χ3v) is 13.3. The van der Waals surface area contributed by atoms with Gasteiger partial charge in [0.1, 0.15) is 13.2 Å². The Bertz CT molecular complexity index is 1400. The highest BCUT2D eigenvalue weighted by Crippen LogP contribution is 2.15. The number of allylic oxidation sites excluding steroid dienone is 14. The first kappa shape index (κ1) is 69.6. The maximum atomic E-state index is 12.9. The molecule has 0 saturated carbocycles. The van der Waals surface area contributed by atoms with Crippen molar-refractivity contribution in [2.45, 2.75) is 309 Å². The van der Waals surface area contributed by atoms with Gasteiger partial charge in [0.2, 0.25) is 0 Å². The quantitative estimate of drug-likeness (QED) is 0.0261. The molecule has 0 aliphatic heterocycles. The highest BCUT2D eigenvalue weighted by molar-refractivity contribution is 5.71. The Hall–Kier alpha value is -3.41. The molecule has 6 heteroatoms. The van der Waals surface area contributed by atoms with Crippen molar-refractivity contribution in [3.8, 4) is 0 Å². The second kappa shape index (κ2) is 61.1. The fourth-order valence-electron chi connectivity index (χ4n) is 8.64. The smallest absolute Gasteiger partial charge is 0.306 e. The van der Waals surface area contributed by atoms with Gasteiger partial charge in [0.05, 0.1) is 0 Å². The zero-order chi connectivity index (χ0) is 52.9. The summed E-state index contributed by atoms with van der Waals surface area (Å²) in [6.45, 7) is 6.56. The summed E-state index contributed by atoms with van der Waals surface area (Å²) in [7, 11) is 0. The molecular formula is C67H116O6. The maximum Gasteiger partial charge on any atom is 0.306 e.